The van der Waals surface area contributed by atoms with E-state index in [1.165, 1.54) is 28.9 Å². The molecule has 32 heavy (non-hydrogen) atoms. The molecule has 1 unspecified atom stereocenters. The van der Waals surface area contributed by atoms with Gasteiger partial charge in [0.15, 0.2) is 0 Å². The number of hydrogen-bond acceptors (Lipinski definition) is 6. The average Bonchev–Trinajstić information content (AvgIpc) is 3.24. The molecule has 3 aromatic rings. The molecule has 10 nitrogen and oxygen atoms in total. The van der Waals surface area contributed by atoms with Crippen molar-refractivity contribution in [3.8, 4) is 11.1 Å². The Labute approximate surface area is 187 Å². The number of aromatic nitrogens is 2. The Morgan fingerprint density at radius 1 is 1.25 bits per heavy atom. The van der Waals surface area contributed by atoms with Gasteiger partial charge in [0, 0.05) is 35.5 Å². The lowest BCUT2D eigenvalue weighted by molar-refractivity contribution is -0.384. The molecule has 2 N–H and O–H groups in total. The molecule has 2 amide bonds. The highest BCUT2D eigenvalue weighted by atomic mass is 35.5. The molecule has 0 saturated carbocycles. The first-order chi connectivity index (χ1) is 15.4. The second kappa shape index (κ2) is 8.77. The van der Waals surface area contributed by atoms with Crippen LogP contribution in [0.15, 0.2) is 48.5 Å². The topological polar surface area (TPSA) is 128 Å². The molecule has 164 valence electrons. The fourth-order valence-corrected chi connectivity index (χ4v) is 3.65. The minimum absolute atomic E-state index is 0.0836. The van der Waals surface area contributed by atoms with Crippen LogP contribution in [0.1, 0.15) is 18.2 Å². The van der Waals surface area contributed by atoms with Crippen LogP contribution in [-0.4, -0.2) is 33.6 Å². The average molecular weight is 456 g/mol. The van der Waals surface area contributed by atoms with Crippen LogP contribution < -0.4 is 10.6 Å². The molecule has 0 saturated heterocycles. The summed E-state index contributed by atoms with van der Waals surface area (Å²) in [7, 11) is 1.55. The molecule has 1 atom stereocenters. The third kappa shape index (κ3) is 4.18. The number of nitro benzene ring substituents is 1. The normalized spacial score (nSPS) is 14.7. The highest BCUT2D eigenvalue weighted by molar-refractivity contribution is 6.30. The summed E-state index contributed by atoms with van der Waals surface area (Å²) in [4.78, 5) is 35.4. The molecule has 11 heteroatoms. The van der Waals surface area contributed by atoms with E-state index in [4.69, 9.17) is 16.3 Å². The molecular formula is C21H18ClN5O5. The zero-order chi connectivity index (χ0) is 22.8. The number of nitrogens with one attached hydrogen (secondary N) is 2. The summed E-state index contributed by atoms with van der Waals surface area (Å²) in [5.41, 5.74) is 2.43. The summed E-state index contributed by atoms with van der Waals surface area (Å²) >= 11 is 5.99. The van der Waals surface area contributed by atoms with Crippen molar-refractivity contribution >= 4 is 40.6 Å². The smallest absolute Gasteiger partial charge is 0.269 e. The van der Waals surface area contributed by atoms with Gasteiger partial charge < -0.3 is 15.4 Å². The summed E-state index contributed by atoms with van der Waals surface area (Å²) < 4.78 is 6.75. The van der Waals surface area contributed by atoms with Crippen LogP contribution in [0, 0.1) is 10.1 Å². The molecule has 0 aliphatic carbocycles. The zero-order valence-electron chi connectivity index (χ0n) is 16.9. The van der Waals surface area contributed by atoms with Crippen molar-refractivity contribution in [2.45, 2.75) is 19.1 Å². The predicted octanol–water partition coefficient (Wildman–Crippen LogP) is 3.78. The lowest BCUT2D eigenvalue weighted by Gasteiger charge is -2.10. The van der Waals surface area contributed by atoms with Gasteiger partial charge >= 0.3 is 0 Å². The number of methoxy groups -OCH3 is 1. The van der Waals surface area contributed by atoms with Crippen molar-refractivity contribution in [3.63, 3.8) is 0 Å². The van der Waals surface area contributed by atoms with Crippen molar-refractivity contribution in [2.75, 3.05) is 17.7 Å². The maximum Gasteiger partial charge on any atom is 0.269 e. The van der Waals surface area contributed by atoms with Gasteiger partial charge in [-0.2, -0.15) is 5.10 Å². The number of rotatable bonds is 7. The fraction of sp³-hybridized carbons (Fsp3) is 0.190. The molecule has 0 spiro atoms. The van der Waals surface area contributed by atoms with Crippen molar-refractivity contribution in [2.24, 2.45) is 0 Å². The van der Waals surface area contributed by atoms with Crippen LogP contribution in [0.3, 0.4) is 0 Å². The van der Waals surface area contributed by atoms with Gasteiger partial charge in [-0.25, -0.2) is 4.68 Å². The Balaban J connectivity index is 1.57. The number of nitro groups is 1. The summed E-state index contributed by atoms with van der Waals surface area (Å²) in [5, 5.41) is 21.3. The van der Waals surface area contributed by atoms with E-state index in [0.717, 1.165) is 5.56 Å². The third-order valence-corrected chi connectivity index (χ3v) is 5.23. The van der Waals surface area contributed by atoms with E-state index in [1.54, 1.807) is 19.2 Å². The Morgan fingerprint density at radius 3 is 2.56 bits per heavy atom. The molecule has 2 heterocycles. The first-order valence-corrected chi connectivity index (χ1v) is 9.96. The monoisotopic (exact) mass is 455 g/mol. The Morgan fingerprint density at radius 2 is 1.94 bits per heavy atom. The van der Waals surface area contributed by atoms with Gasteiger partial charge in [0.05, 0.1) is 23.6 Å². The van der Waals surface area contributed by atoms with E-state index in [2.05, 4.69) is 15.7 Å². The quantitative estimate of drug-likeness (QED) is 0.412. The maximum absolute atomic E-state index is 12.6. The van der Waals surface area contributed by atoms with E-state index >= 15 is 0 Å². The SMILES string of the molecule is COCc1nn2c(c1-c1ccc(Cl)cc1)NC(=O)C2CC(=O)Nc1ccc([N+](=O)[O-])cc1. The Hall–Kier alpha value is -3.76. The van der Waals surface area contributed by atoms with Crippen molar-refractivity contribution < 1.29 is 19.2 Å². The van der Waals surface area contributed by atoms with E-state index in [0.29, 0.717) is 27.8 Å². The first-order valence-electron chi connectivity index (χ1n) is 9.59. The predicted molar refractivity (Wildman–Crippen MR) is 117 cm³/mol. The second-order valence-electron chi connectivity index (χ2n) is 7.12. The number of carbonyl (C=O) groups excluding carboxylic acids is 2. The van der Waals surface area contributed by atoms with E-state index in [9.17, 15) is 19.7 Å². The van der Waals surface area contributed by atoms with Crippen LogP contribution in [-0.2, 0) is 20.9 Å². The number of carbonyl (C=O) groups is 2. The number of nitrogens with zero attached hydrogens (tertiary/aromatic N) is 3. The second-order valence-corrected chi connectivity index (χ2v) is 7.55. The standard InChI is InChI=1S/C21H18ClN5O5/c1-32-11-16-19(12-2-4-13(22)5-3-12)20-24-21(29)17(26(20)25-16)10-18(28)23-14-6-8-15(9-7-14)27(30)31/h2-9,17H,10-11H2,1H3,(H,23,28)(H,24,29). The minimum Gasteiger partial charge on any atom is -0.378 e. The third-order valence-electron chi connectivity index (χ3n) is 4.98. The van der Waals surface area contributed by atoms with E-state index < -0.39 is 16.9 Å². The lowest BCUT2D eigenvalue weighted by Crippen LogP contribution is -2.24. The first kappa shape index (κ1) is 21.5. The van der Waals surface area contributed by atoms with Gasteiger partial charge in [-0.3, -0.25) is 19.7 Å². The number of fused-ring (bicyclic) bond motifs is 1. The molecule has 0 bridgehead atoms. The highest BCUT2D eigenvalue weighted by Crippen LogP contribution is 2.39. The van der Waals surface area contributed by atoms with Gasteiger partial charge in [0.2, 0.25) is 5.91 Å². The maximum atomic E-state index is 12.6. The van der Waals surface area contributed by atoms with Gasteiger partial charge in [-0.05, 0) is 29.8 Å². The number of hydrogen-bond donors (Lipinski definition) is 2. The molecule has 0 fully saturated rings. The summed E-state index contributed by atoms with van der Waals surface area (Å²) in [5.74, 6) is -0.299. The molecule has 4 rings (SSSR count). The van der Waals surface area contributed by atoms with E-state index in [-0.39, 0.29) is 24.6 Å². The fourth-order valence-electron chi connectivity index (χ4n) is 3.53. The largest absolute Gasteiger partial charge is 0.378 e. The number of amides is 2. The molecule has 0 radical (unpaired) electrons. The number of anilines is 2. The summed E-state index contributed by atoms with van der Waals surface area (Å²) in [6.45, 7) is 0.218. The zero-order valence-corrected chi connectivity index (χ0v) is 17.6. The lowest BCUT2D eigenvalue weighted by atomic mass is 10.1. The summed E-state index contributed by atoms with van der Waals surface area (Å²) in [6.07, 6.45) is -0.163. The Bertz CT molecular complexity index is 1190. The summed E-state index contributed by atoms with van der Waals surface area (Å²) in [6, 6.07) is 11.7. The number of non-ortho nitro benzene ring substituents is 1. The highest BCUT2D eigenvalue weighted by Gasteiger charge is 2.37. The number of benzene rings is 2. The number of halogens is 1. The van der Waals surface area contributed by atoms with Gasteiger partial charge in [-0.15, -0.1) is 0 Å². The van der Waals surface area contributed by atoms with Crippen LogP contribution in [0.2, 0.25) is 5.02 Å². The Kier molecular flexibility index (Phi) is 5.89. The molecule has 1 aliphatic rings. The molecule has 1 aliphatic heterocycles. The molecule has 1 aromatic heterocycles. The minimum atomic E-state index is -0.847. The van der Waals surface area contributed by atoms with Crippen LogP contribution >= 0.6 is 11.6 Å². The van der Waals surface area contributed by atoms with Crippen molar-refractivity contribution in [1.82, 2.24) is 9.78 Å². The number of ether oxygens (including phenoxy) is 1. The molecule has 2 aromatic carbocycles. The van der Waals surface area contributed by atoms with Crippen LogP contribution in [0.25, 0.3) is 11.1 Å². The van der Waals surface area contributed by atoms with Crippen LogP contribution in [0.5, 0.6) is 0 Å². The van der Waals surface area contributed by atoms with E-state index in [1.807, 2.05) is 12.1 Å². The van der Waals surface area contributed by atoms with Crippen molar-refractivity contribution in [3.05, 3.63) is 69.4 Å². The van der Waals surface area contributed by atoms with Gasteiger partial charge in [0.1, 0.15) is 11.9 Å². The van der Waals surface area contributed by atoms with Crippen molar-refractivity contribution in [1.29, 1.82) is 0 Å². The van der Waals surface area contributed by atoms with Gasteiger partial charge in [0.25, 0.3) is 11.6 Å². The van der Waals surface area contributed by atoms with Crippen LogP contribution in [0.4, 0.5) is 17.2 Å². The molecular weight excluding hydrogens is 438 g/mol. The van der Waals surface area contributed by atoms with Gasteiger partial charge in [-0.1, -0.05) is 23.7 Å².